The van der Waals surface area contributed by atoms with Crippen molar-refractivity contribution in [2.75, 3.05) is 13.6 Å². The lowest BCUT2D eigenvalue weighted by atomic mass is 9.96. The van der Waals surface area contributed by atoms with Gasteiger partial charge in [0, 0.05) is 25.3 Å². The van der Waals surface area contributed by atoms with Crippen molar-refractivity contribution in [2.24, 2.45) is 5.73 Å². The van der Waals surface area contributed by atoms with Crippen molar-refractivity contribution >= 4 is 0 Å². The number of hydrogen-bond acceptors (Lipinski definition) is 3. The first-order chi connectivity index (χ1) is 9.63. The summed E-state index contributed by atoms with van der Waals surface area (Å²) < 4.78 is 0. The summed E-state index contributed by atoms with van der Waals surface area (Å²) in [4.78, 5) is 6.65. The number of hydrogen-bond donors (Lipinski definition) is 1. The monoisotopic (exact) mass is 269 g/mol. The van der Waals surface area contributed by atoms with Crippen LogP contribution in [0.15, 0.2) is 42.6 Å². The molecule has 3 nitrogen and oxygen atoms in total. The molecule has 20 heavy (non-hydrogen) atoms. The second-order valence-electron chi connectivity index (χ2n) is 5.28. The molecule has 0 saturated carbocycles. The highest BCUT2D eigenvalue weighted by molar-refractivity contribution is 5.35. The Morgan fingerprint density at radius 1 is 1.15 bits per heavy atom. The van der Waals surface area contributed by atoms with E-state index in [1.165, 1.54) is 16.7 Å². The molecule has 1 aromatic carbocycles. The van der Waals surface area contributed by atoms with E-state index in [0.29, 0.717) is 6.54 Å². The zero-order chi connectivity index (χ0) is 14.5. The lowest BCUT2D eigenvalue weighted by molar-refractivity contribution is 0.238. The van der Waals surface area contributed by atoms with Gasteiger partial charge >= 0.3 is 0 Å². The van der Waals surface area contributed by atoms with E-state index in [-0.39, 0.29) is 6.04 Å². The van der Waals surface area contributed by atoms with Gasteiger partial charge in [-0.1, -0.05) is 24.3 Å². The molecule has 2 aromatic rings. The Morgan fingerprint density at radius 2 is 1.95 bits per heavy atom. The quantitative estimate of drug-likeness (QED) is 0.907. The smallest absolute Gasteiger partial charge is 0.0544 e. The van der Waals surface area contributed by atoms with Crippen LogP contribution in [0.4, 0.5) is 0 Å². The topological polar surface area (TPSA) is 42.1 Å². The van der Waals surface area contributed by atoms with E-state index in [4.69, 9.17) is 5.73 Å². The van der Waals surface area contributed by atoms with Gasteiger partial charge in [0.25, 0.3) is 0 Å². The third-order valence-corrected chi connectivity index (χ3v) is 3.90. The molecule has 0 saturated heterocycles. The summed E-state index contributed by atoms with van der Waals surface area (Å²) >= 11 is 0. The van der Waals surface area contributed by atoms with Gasteiger partial charge in [0.15, 0.2) is 0 Å². The predicted octanol–water partition coefficient (Wildman–Crippen LogP) is 2.83. The van der Waals surface area contributed by atoms with E-state index >= 15 is 0 Å². The Labute approximate surface area is 121 Å². The van der Waals surface area contributed by atoms with E-state index in [9.17, 15) is 0 Å². The lowest BCUT2D eigenvalue weighted by Crippen LogP contribution is -2.31. The van der Waals surface area contributed by atoms with Crippen LogP contribution in [0.3, 0.4) is 0 Å². The zero-order valence-electron chi connectivity index (χ0n) is 12.5. The van der Waals surface area contributed by atoms with Crippen LogP contribution in [0.1, 0.15) is 28.4 Å². The fourth-order valence-corrected chi connectivity index (χ4v) is 2.54. The normalized spacial score (nSPS) is 12.7. The largest absolute Gasteiger partial charge is 0.329 e. The first-order valence-electron chi connectivity index (χ1n) is 6.99. The molecule has 0 aliphatic heterocycles. The number of pyridine rings is 1. The van der Waals surface area contributed by atoms with Crippen LogP contribution in [0.5, 0.6) is 0 Å². The fraction of sp³-hybridized carbons (Fsp3) is 0.353. The van der Waals surface area contributed by atoms with Crippen molar-refractivity contribution in [1.29, 1.82) is 0 Å². The second-order valence-corrected chi connectivity index (χ2v) is 5.28. The van der Waals surface area contributed by atoms with Crippen LogP contribution >= 0.6 is 0 Å². The maximum atomic E-state index is 6.02. The van der Waals surface area contributed by atoms with Crippen LogP contribution in [-0.4, -0.2) is 23.5 Å². The standard InChI is InChI=1S/C17H23N3/c1-13-7-6-9-16(14(13)2)17(11-18)20(3)12-15-8-4-5-10-19-15/h4-10,17H,11-12,18H2,1-3H3. The molecule has 2 rings (SSSR count). The molecule has 3 heteroatoms. The summed E-state index contributed by atoms with van der Waals surface area (Å²) in [6.07, 6.45) is 1.83. The summed E-state index contributed by atoms with van der Waals surface area (Å²) in [7, 11) is 2.11. The third-order valence-electron chi connectivity index (χ3n) is 3.90. The summed E-state index contributed by atoms with van der Waals surface area (Å²) in [6.45, 7) is 5.72. The minimum absolute atomic E-state index is 0.219. The average molecular weight is 269 g/mol. The number of rotatable bonds is 5. The molecule has 0 fully saturated rings. The number of aryl methyl sites for hydroxylation is 1. The van der Waals surface area contributed by atoms with Crippen molar-refractivity contribution in [3.8, 4) is 0 Å². The predicted molar refractivity (Wildman–Crippen MR) is 83.4 cm³/mol. The number of nitrogens with zero attached hydrogens (tertiary/aromatic N) is 2. The maximum Gasteiger partial charge on any atom is 0.0544 e. The molecule has 1 aromatic heterocycles. The molecule has 1 atom stereocenters. The number of nitrogens with two attached hydrogens (primary N) is 1. The van der Waals surface area contributed by atoms with Crippen LogP contribution in [0.2, 0.25) is 0 Å². The summed E-state index contributed by atoms with van der Waals surface area (Å²) in [5.41, 5.74) is 11.0. The molecule has 0 amide bonds. The maximum absolute atomic E-state index is 6.02. The molecule has 2 N–H and O–H groups in total. The Hall–Kier alpha value is -1.71. The van der Waals surface area contributed by atoms with Crippen LogP contribution in [0, 0.1) is 13.8 Å². The molecular formula is C17H23N3. The van der Waals surface area contributed by atoms with E-state index in [2.05, 4.69) is 49.0 Å². The number of benzene rings is 1. The van der Waals surface area contributed by atoms with Crippen LogP contribution in [-0.2, 0) is 6.54 Å². The molecule has 1 heterocycles. The Bertz CT molecular complexity index is 551. The molecular weight excluding hydrogens is 246 g/mol. The van der Waals surface area contributed by atoms with Crippen molar-refractivity contribution in [3.05, 3.63) is 65.0 Å². The SMILES string of the molecule is Cc1cccc(C(CN)N(C)Cc2ccccn2)c1C. The average Bonchev–Trinajstić information content (AvgIpc) is 2.45. The molecule has 0 bridgehead atoms. The second kappa shape index (κ2) is 6.64. The van der Waals surface area contributed by atoms with Gasteiger partial charge in [0.2, 0.25) is 0 Å². The fourth-order valence-electron chi connectivity index (χ4n) is 2.54. The summed E-state index contributed by atoms with van der Waals surface area (Å²) in [5.74, 6) is 0. The third kappa shape index (κ3) is 3.24. The van der Waals surface area contributed by atoms with Crippen LogP contribution in [0.25, 0.3) is 0 Å². The lowest BCUT2D eigenvalue weighted by Gasteiger charge is -2.28. The first kappa shape index (κ1) is 14.7. The van der Waals surface area contributed by atoms with Crippen molar-refractivity contribution in [3.63, 3.8) is 0 Å². The van der Waals surface area contributed by atoms with E-state index in [0.717, 1.165) is 12.2 Å². The summed E-state index contributed by atoms with van der Waals surface area (Å²) in [6, 6.07) is 12.7. The highest BCUT2D eigenvalue weighted by Crippen LogP contribution is 2.24. The molecule has 0 aliphatic carbocycles. The molecule has 0 aliphatic rings. The van der Waals surface area contributed by atoms with Crippen molar-refractivity contribution in [1.82, 2.24) is 9.88 Å². The van der Waals surface area contributed by atoms with Gasteiger partial charge in [-0.25, -0.2) is 0 Å². The van der Waals surface area contributed by atoms with E-state index in [1.807, 2.05) is 24.4 Å². The highest BCUT2D eigenvalue weighted by atomic mass is 15.1. The van der Waals surface area contributed by atoms with Crippen molar-refractivity contribution < 1.29 is 0 Å². The van der Waals surface area contributed by atoms with Crippen LogP contribution < -0.4 is 5.73 Å². The minimum Gasteiger partial charge on any atom is -0.329 e. The molecule has 106 valence electrons. The van der Waals surface area contributed by atoms with E-state index in [1.54, 1.807) is 0 Å². The summed E-state index contributed by atoms with van der Waals surface area (Å²) in [5, 5.41) is 0. The van der Waals surface area contributed by atoms with Gasteiger partial charge in [-0.05, 0) is 49.7 Å². The van der Waals surface area contributed by atoms with Gasteiger partial charge in [0.1, 0.15) is 0 Å². The molecule has 1 unspecified atom stereocenters. The molecule has 0 radical (unpaired) electrons. The Morgan fingerprint density at radius 3 is 2.60 bits per heavy atom. The van der Waals surface area contributed by atoms with Gasteiger partial charge in [-0.3, -0.25) is 9.88 Å². The number of aromatic nitrogens is 1. The van der Waals surface area contributed by atoms with Gasteiger partial charge < -0.3 is 5.73 Å². The Kier molecular flexibility index (Phi) is 4.88. The minimum atomic E-state index is 0.219. The zero-order valence-corrected chi connectivity index (χ0v) is 12.5. The van der Waals surface area contributed by atoms with E-state index < -0.39 is 0 Å². The first-order valence-corrected chi connectivity index (χ1v) is 6.99. The number of likely N-dealkylation sites (N-methyl/N-ethyl adjacent to an activating group) is 1. The Balaban J connectivity index is 2.21. The van der Waals surface area contributed by atoms with Gasteiger partial charge in [0.05, 0.1) is 5.69 Å². The van der Waals surface area contributed by atoms with Gasteiger partial charge in [-0.2, -0.15) is 0 Å². The van der Waals surface area contributed by atoms with Gasteiger partial charge in [-0.15, -0.1) is 0 Å². The highest BCUT2D eigenvalue weighted by Gasteiger charge is 2.18. The molecule has 0 spiro atoms. The van der Waals surface area contributed by atoms with Crippen molar-refractivity contribution in [2.45, 2.75) is 26.4 Å².